The van der Waals surface area contributed by atoms with Crippen molar-refractivity contribution < 1.29 is 19.0 Å². The van der Waals surface area contributed by atoms with E-state index in [-0.39, 0.29) is 5.91 Å². The number of hydrazone groups is 1. The first-order valence-corrected chi connectivity index (χ1v) is 11.0. The number of aryl methyl sites for hydroxylation is 2. The number of hydrogen-bond donors (Lipinski definition) is 1. The lowest BCUT2D eigenvalue weighted by Gasteiger charge is -2.13. The fourth-order valence-electron chi connectivity index (χ4n) is 3.74. The second kappa shape index (κ2) is 9.33. The van der Waals surface area contributed by atoms with Crippen LogP contribution in [0, 0.1) is 13.8 Å². The molecule has 0 radical (unpaired) electrons. The average molecular weight is 465 g/mol. The summed E-state index contributed by atoms with van der Waals surface area (Å²) in [6.45, 7) is 3.97. The third-order valence-electron chi connectivity index (χ3n) is 5.14. The third-order valence-corrected chi connectivity index (χ3v) is 6.21. The Balaban J connectivity index is 1.69. The zero-order valence-electron chi connectivity index (χ0n) is 19.0. The van der Waals surface area contributed by atoms with Gasteiger partial charge < -0.3 is 18.8 Å². The quantitative estimate of drug-likeness (QED) is 0.322. The minimum atomic E-state index is -0.325. The van der Waals surface area contributed by atoms with Crippen molar-refractivity contribution in [3.05, 3.63) is 64.4 Å². The van der Waals surface area contributed by atoms with Gasteiger partial charge in [0, 0.05) is 29.0 Å². The first kappa shape index (κ1) is 22.3. The van der Waals surface area contributed by atoms with Crippen LogP contribution >= 0.6 is 11.3 Å². The molecule has 0 spiro atoms. The minimum absolute atomic E-state index is 0.325. The Kier molecular flexibility index (Phi) is 6.32. The van der Waals surface area contributed by atoms with Gasteiger partial charge in [-0.25, -0.2) is 10.4 Å². The van der Waals surface area contributed by atoms with Crippen molar-refractivity contribution in [1.82, 2.24) is 15.0 Å². The molecule has 33 heavy (non-hydrogen) atoms. The number of nitrogens with one attached hydrogen (secondary N) is 1. The van der Waals surface area contributed by atoms with E-state index in [1.807, 2.05) is 49.0 Å². The highest BCUT2D eigenvalue weighted by atomic mass is 32.1. The molecular formula is C24H24N4O4S. The number of carbonyl (C=O) groups excluding carboxylic acids is 1. The second-order valence-electron chi connectivity index (χ2n) is 7.25. The van der Waals surface area contributed by atoms with E-state index in [1.165, 1.54) is 31.8 Å². The Bertz CT molecular complexity index is 1340. The molecule has 8 nitrogen and oxygen atoms in total. The Labute approximate surface area is 195 Å². The Hall–Kier alpha value is -3.85. The molecule has 3 heterocycles. The van der Waals surface area contributed by atoms with Crippen molar-refractivity contribution in [2.45, 2.75) is 13.8 Å². The van der Waals surface area contributed by atoms with Crippen molar-refractivity contribution in [1.29, 1.82) is 0 Å². The van der Waals surface area contributed by atoms with Gasteiger partial charge in [0.2, 0.25) is 5.75 Å². The van der Waals surface area contributed by atoms with Crippen LogP contribution in [0.25, 0.3) is 15.9 Å². The molecule has 0 aliphatic heterocycles. The first-order valence-electron chi connectivity index (χ1n) is 10.1. The van der Waals surface area contributed by atoms with Crippen molar-refractivity contribution in [3.8, 4) is 22.9 Å². The summed E-state index contributed by atoms with van der Waals surface area (Å²) in [6.07, 6.45) is 5.33. The summed E-state index contributed by atoms with van der Waals surface area (Å²) in [5.41, 5.74) is 6.03. The number of thiophene rings is 1. The standard InChI is InChI=1S/C24H24N4O4S/c1-14-12-15(2)26-24-18(14)19(28-10-6-7-11-28)22(33-24)23(29)27-25-13-16-8-9-17(30-3)21(32-5)20(16)31-4/h6-13H,1-5H3,(H,27,29). The number of rotatable bonds is 7. The topological polar surface area (TPSA) is 87.0 Å². The fourth-order valence-corrected chi connectivity index (χ4v) is 4.93. The molecule has 1 aromatic carbocycles. The average Bonchev–Trinajstić information content (AvgIpc) is 3.46. The van der Waals surface area contributed by atoms with Gasteiger partial charge in [-0.2, -0.15) is 5.10 Å². The van der Waals surface area contributed by atoms with E-state index in [0.717, 1.165) is 27.2 Å². The van der Waals surface area contributed by atoms with Crippen LogP contribution in [0.15, 0.2) is 47.8 Å². The van der Waals surface area contributed by atoms with Crippen LogP contribution in [-0.2, 0) is 0 Å². The maximum atomic E-state index is 13.2. The number of ether oxygens (including phenoxy) is 3. The summed E-state index contributed by atoms with van der Waals surface area (Å²) in [5, 5.41) is 5.12. The fraction of sp³-hybridized carbons (Fsp3) is 0.208. The van der Waals surface area contributed by atoms with Gasteiger partial charge in [0.25, 0.3) is 5.91 Å². The highest BCUT2D eigenvalue weighted by Crippen LogP contribution is 2.39. The molecule has 9 heteroatoms. The molecule has 0 saturated carbocycles. The molecule has 4 aromatic rings. The molecule has 0 aliphatic carbocycles. The highest BCUT2D eigenvalue weighted by Gasteiger charge is 2.22. The second-order valence-corrected chi connectivity index (χ2v) is 8.25. The zero-order valence-corrected chi connectivity index (χ0v) is 19.8. The van der Waals surface area contributed by atoms with Crippen molar-refractivity contribution in [2.75, 3.05) is 21.3 Å². The lowest BCUT2D eigenvalue weighted by molar-refractivity contribution is 0.0959. The van der Waals surface area contributed by atoms with Crippen LogP contribution < -0.4 is 19.6 Å². The van der Waals surface area contributed by atoms with Gasteiger partial charge in [0.15, 0.2) is 11.5 Å². The lowest BCUT2D eigenvalue weighted by Crippen LogP contribution is -2.18. The molecule has 1 amide bonds. The molecular weight excluding hydrogens is 440 g/mol. The van der Waals surface area contributed by atoms with Gasteiger partial charge in [-0.1, -0.05) is 0 Å². The number of nitrogens with zero attached hydrogens (tertiary/aromatic N) is 3. The summed E-state index contributed by atoms with van der Waals surface area (Å²) in [6, 6.07) is 9.38. The van der Waals surface area contributed by atoms with Gasteiger partial charge in [-0.15, -0.1) is 11.3 Å². The molecule has 0 fully saturated rings. The number of hydrogen-bond acceptors (Lipinski definition) is 7. The van der Waals surface area contributed by atoms with Crippen LogP contribution in [0.1, 0.15) is 26.5 Å². The molecule has 0 atom stereocenters. The summed E-state index contributed by atoms with van der Waals surface area (Å²) >= 11 is 1.34. The molecule has 4 rings (SSSR count). The molecule has 0 bridgehead atoms. The summed E-state index contributed by atoms with van der Waals surface area (Å²) in [4.78, 5) is 19.1. The van der Waals surface area contributed by atoms with Gasteiger partial charge in [-0.05, 0) is 49.7 Å². The van der Waals surface area contributed by atoms with E-state index in [4.69, 9.17) is 14.2 Å². The van der Waals surface area contributed by atoms with E-state index in [2.05, 4.69) is 15.5 Å². The minimum Gasteiger partial charge on any atom is -0.493 e. The molecule has 1 N–H and O–H groups in total. The summed E-state index contributed by atoms with van der Waals surface area (Å²) in [7, 11) is 4.62. The van der Waals surface area contributed by atoms with Gasteiger partial charge in [0.1, 0.15) is 9.71 Å². The highest BCUT2D eigenvalue weighted by molar-refractivity contribution is 7.21. The number of amides is 1. The van der Waals surface area contributed by atoms with Crippen LogP contribution in [-0.4, -0.2) is 43.0 Å². The lowest BCUT2D eigenvalue weighted by atomic mass is 10.1. The van der Waals surface area contributed by atoms with Gasteiger partial charge >= 0.3 is 0 Å². The van der Waals surface area contributed by atoms with Crippen molar-refractivity contribution in [3.63, 3.8) is 0 Å². The number of aromatic nitrogens is 2. The molecule has 0 saturated heterocycles. The van der Waals surface area contributed by atoms with Crippen molar-refractivity contribution >= 4 is 33.7 Å². The van der Waals surface area contributed by atoms with E-state index in [0.29, 0.717) is 27.7 Å². The van der Waals surface area contributed by atoms with Crippen LogP contribution in [0.4, 0.5) is 0 Å². The molecule has 170 valence electrons. The maximum absolute atomic E-state index is 13.2. The number of benzene rings is 1. The van der Waals surface area contributed by atoms with Gasteiger partial charge in [0.05, 0.1) is 33.2 Å². The SMILES string of the molecule is COc1ccc(C=NNC(=O)c2sc3nc(C)cc(C)c3c2-n2cccc2)c(OC)c1OC. The third kappa shape index (κ3) is 4.14. The molecule has 0 unspecified atom stereocenters. The predicted octanol–water partition coefficient (Wildman–Crippen LogP) is 4.49. The Morgan fingerprint density at radius 1 is 1.09 bits per heavy atom. The van der Waals surface area contributed by atoms with E-state index in [1.54, 1.807) is 19.2 Å². The first-order chi connectivity index (χ1) is 16.0. The monoisotopic (exact) mass is 464 g/mol. The maximum Gasteiger partial charge on any atom is 0.283 e. The summed E-state index contributed by atoms with van der Waals surface area (Å²) in [5.74, 6) is 1.12. The van der Waals surface area contributed by atoms with Crippen LogP contribution in [0.2, 0.25) is 0 Å². The van der Waals surface area contributed by atoms with Crippen molar-refractivity contribution in [2.24, 2.45) is 5.10 Å². The largest absolute Gasteiger partial charge is 0.493 e. The number of fused-ring (bicyclic) bond motifs is 1. The van der Waals surface area contributed by atoms with E-state index < -0.39 is 0 Å². The molecule has 3 aromatic heterocycles. The van der Waals surface area contributed by atoms with E-state index >= 15 is 0 Å². The Morgan fingerprint density at radius 3 is 2.48 bits per heavy atom. The number of pyridine rings is 1. The van der Waals surface area contributed by atoms with Crippen LogP contribution in [0.5, 0.6) is 17.2 Å². The van der Waals surface area contributed by atoms with Gasteiger partial charge in [-0.3, -0.25) is 4.79 Å². The summed E-state index contributed by atoms with van der Waals surface area (Å²) < 4.78 is 18.1. The zero-order chi connectivity index (χ0) is 23.5. The van der Waals surface area contributed by atoms with Crippen LogP contribution in [0.3, 0.4) is 0 Å². The smallest absolute Gasteiger partial charge is 0.283 e. The Morgan fingerprint density at radius 2 is 1.82 bits per heavy atom. The number of carbonyl (C=O) groups is 1. The van der Waals surface area contributed by atoms with E-state index in [9.17, 15) is 4.79 Å². The number of methoxy groups -OCH3 is 3. The predicted molar refractivity (Wildman–Crippen MR) is 130 cm³/mol. The molecule has 0 aliphatic rings. The normalized spacial score (nSPS) is 11.2.